The molecule has 1 aliphatic carbocycles. The van der Waals surface area contributed by atoms with E-state index in [4.69, 9.17) is 61.8 Å². The largest absolute Gasteiger partial charge is 0.394 e. The smallest absolute Gasteiger partial charge is 0.187 e. The van der Waals surface area contributed by atoms with Crippen molar-refractivity contribution in [1.82, 2.24) is 0 Å². The lowest BCUT2D eigenvalue weighted by atomic mass is 9.82. The van der Waals surface area contributed by atoms with Crippen molar-refractivity contribution >= 4 is 0 Å². The van der Waals surface area contributed by atoms with E-state index in [1.807, 2.05) is 0 Å². The Labute approximate surface area is 285 Å². The van der Waals surface area contributed by atoms with Crippen molar-refractivity contribution in [3.8, 4) is 0 Å². The Hall–Kier alpha value is -0.760. The second-order valence-electron chi connectivity index (χ2n) is 15.0. The zero-order chi connectivity index (χ0) is 36.7. The third-order valence-corrected chi connectivity index (χ3v) is 9.67. The Morgan fingerprint density at radius 2 is 1.14 bits per heavy atom. The van der Waals surface area contributed by atoms with E-state index in [1.165, 1.54) is 0 Å². The van der Waals surface area contributed by atoms with Crippen molar-refractivity contribution in [3.63, 3.8) is 0 Å². The number of ether oxygens (including phenoxy) is 7. The molecule has 0 bridgehead atoms. The van der Waals surface area contributed by atoms with Crippen LogP contribution in [0.2, 0.25) is 0 Å². The van der Waals surface area contributed by atoms with Gasteiger partial charge in [-0.15, -0.1) is 0 Å². The number of hydrogen-bond donors (Lipinski definition) is 12. The Morgan fingerprint density at radius 3 is 1.71 bits per heavy atom. The minimum Gasteiger partial charge on any atom is -0.394 e. The third-order valence-electron chi connectivity index (χ3n) is 9.67. The summed E-state index contributed by atoms with van der Waals surface area (Å²) in [6.45, 7) is 7.26. The first-order valence-corrected chi connectivity index (χ1v) is 16.7. The van der Waals surface area contributed by atoms with Gasteiger partial charge in [-0.25, -0.2) is 0 Å². The molecule has 19 heteroatoms. The minimum atomic E-state index is -1.44. The van der Waals surface area contributed by atoms with Crippen molar-refractivity contribution < 1.29 is 68.9 Å². The molecule has 3 saturated heterocycles. The van der Waals surface area contributed by atoms with Crippen LogP contribution in [0.15, 0.2) is 0 Å². The molecule has 17 N–H and O–H groups in total. The Morgan fingerprint density at radius 1 is 0.592 bits per heavy atom. The molecule has 0 aromatic rings. The van der Waals surface area contributed by atoms with Gasteiger partial charge >= 0.3 is 0 Å². The second-order valence-corrected chi connectivity index (χ2v) is 15.0. The number of hydrogen-bond acceptors (Lipinski definition) is 19. The minimum absolute atomic E-state index is 0.131. The van der Waals surface area contributed by atoms with Crippen LogP contribution < -0.4 is 28.7 Å². The summed E-state index contributed by atoms with van der Waals surface area (Å²) in [7, 11) is 0. The summed E-state index contributed by atoms with van der Waals surface area (Å²) in [6, 6.07) is -3.98. The molecule has 0 radical (unpaired) electrons. The topological polar surface area (TPSA) is 336 Å². The molecule has 49 heavy (non-hydrogen) atoms. The molecule has 288 valence electrons. The molecule has 4 rings (SSSR count). The first-order chi connectivity index (χ1) is 22.8. The third kappa shape index (κ3) is 8.73. The van der Waals surface area contributed by atoms with Gasteiger partial charge in [-0.05, 0) is 41.0 Å². The van der Waals surface area contributed by atoms with Crippen LogP contribution in [0.4, 0.5) is 0 Å². The Balaban J connectivity index is 1.62. The summed E-state index contributed by atoms with van der Waals surface area (Å²) in [5.74, 6) is 0. The van der Waals surface area contributed by atoms with Crippen LogP contribution in [0.1, 0.15) is 41.0 Å². The fraction of sp³-hybridized carbons (Fsp3) is 1.00. The molecule has 0 amide bonds. The lowest BCUT2D eigenvalue weighted by Gasteiger charge is -2.51. The van der Waals surface area contributed by atoms with Crippen LogP contribution in [0.5, 0.6) is 0 Å². The highest BCUT2D eigenvalue weighted by Gasteiger charge is 2.56. The normalized spacial score (nSPS) is 48.6. The number of aliphatic hydroxyl groups is 7. The average molecular weight is 714 g/mol. The van der Waals surface area contributed by atoms with Gasteiger partial charge in [0.2, 0.25) is 0 Å². The molecule has 7 unspecified atom stereocenters. The summed E-state index contributed by atoms with van der Waals surface area (Å²) in [6.07, 6.45) is -18.3. The zero-order valence-corrected chi connectivity index (χ0v) is 28.7. The predicted molar refractivity (Wildman–Crippen MR) is 169 cm³/mol. The molecule has 0 aromatic heterocycles. The number of nitrogens with two attached hydrogens (primary N) is 5. The van der Waals surface area contributed by atoms with Crippen LogP contribution in [0.3, 0.4) is 0 Å². The lowest BCUT2D eigenvalue weighted by molar-refractivity contribution is -0.296. The van der Waals surface area contributed by atoms with Crippen LogP contribution in [0, 0.1) is 0 Å². The maximum absolute atomic E-state index is 11.4. The molecule has 3 aliphatic heterocycles. The van der Waals surface area contributed by atoms with E-state index in [0.29, 0.717) is 0 Å². The van der Waals surface area contributed by atoms with Crippen LogP contribution >= 0.6 is 0 Å². The van der Waals surface area contributed by atoms with Crippen molar-refractivity contribution in [2.75, 3.05) is 19.8 Å². The summed E-state index contributed by atoms with van der Waals surface area (Å²) in [5.41, 5.74) is 28.8. The van der Waals surface area contributed by atoms with Gasteiger partial charge in [-0.3, -0.25) is 0 Å². The van der Waals surface area contributed by atoms with Crippen LogP contribution in [-0.2, 0) is 33.2 Å². The van der Waals surface area contributed by atoms with E-state index in [9.17, 15) is 35.7 Å². The molecule has 4 aliphatic rings. The first-order valence-electron chi connectivity index (χ1n) is 16.7. The highest BCUT2D eigenvalue weighted by molar-refractivity contribution is 5.05. The quantitative estimate of drug-likeness (QED) is 0.0947. The fourth-order valence-corrected chi connectivity index (χ4v) is 6.99. The van der Waals surface area contributed by atoms with Crippen molar-refractivity contribution in [2.24, 2.45) is 28.7 Å². The van der Waals surface area contributed by atoms with E-state index in [-0.39, 0.29) is 13.0 Å². The van der Waals surface area contributed by atoms with Crippen molar-refractivity contribution in [3.05, 3.63) is 0 Å². The molecular weight excluding hydrogens is 654 g/mol. The van der Waals surface area contributed by atoms with E-state index in [1.54, 1.807) is 34.6 Å². The maximum Gasteiger partial charge on any atom is 0.187 e. The van der Waals surface area contributed by atoms with Crippen LogP contribution in [0.25, 0.3) is 0 Å². The second kappa shape index (κ2) is 16.1. The van der Waals surface area contributed by atoms with E-state index in [2.05, 4.69) is 0 Å². The fourth-order valence-electron chi connectivity index (χ4n) is 6.99. The number of rotatable bonds is 11. The Bertz CT molecular complexity index is 1060. The first kappa shape index (κ1) is 41.0. The van der Waals surface area contributed by atoms with Crippen LogP contribution in [-0.4, -0.2) is 183 Å². The number of aliphatic hydroxyl groups excluding tert-OH is 7. The van der Waals surface area contributed by atoms with E-state index in [0.717, 1.165) is 0 Å². The average Bonchev–Trinajstić information content (AvgIpc) is 3.34. The van der Waals surface area contributed by atoms with Gasteiger partial charge in [0.05, 0.1) is 42.6 Å². The lowest BCUT2D eigenvalue weighted by Crippen LogP contribution is -2.70. The van der Waals surface area contributed by atoms with E-state index >= 15 is 0 Å². The maximum atomic E-state index is 11.4. The molecular formula is C30H59N5O14. The van der Waals surface area contributed by atoms with Gasteiger partial charge in [0.1, 0.15) is 73.2 Å². The van der Waals surface area contributed by atoms with Gasteiger partial charge in [0, 0.05) is 18.6 Å². The van der Waals surface area contributed by atoms with Gasteiger partial charge in [-0.2, -0.15) is 0 Å². The summed E-state index contributed by atoms with van der Waals surface area (Å²) in [4.78, 5) is 0. The summed E-state index contributed by atoms with van der Waals surface area (Å²) in [5, 5.41) is 73.3. The summed E-state index contributed by atoms with van der Waals surface area (Å²) >= 11 is 0. The van der Waals surface area contributed by atoms with Crippen molar-refractivity contribution in [2.45, 2.75) is 168 Å². The molecule has 0 aromatic carbocycles. The van der Waals surface area contributed by atoms with Gasteiger partial charge in [0.25, 0.3) is 0 Å². The predicted octanol–water partition coefficient (Wildman–Crippen LogP) is -6.22. The summed E-state index contributed by atoms with van der Waals surface area (Å²) < 4.78 is 43.2. The highest BCUT2D eigenvalue weighted by Crippen LogP contribution is 2.38. The van der Waals surface area contributed by atoms with Gasteiger partial charge < -0.3 is 97.6 Å². The molecule has 19 nitrogen and oxygen atoms in total. The molecule has 0 spiro atoms. The van der Waals surface area contributed by atoms with E-state index < -0.39 is 141 Å². The monoisotopic (exact) mass is 713 g/mol. The van der Waals surface area contributed by atoms with Gasteiger partial charge in [-0.1, -0.05) is 0 Å². The Kier molecular flexibility index (Phi) is 13.5. The molecule has 19 atom stereocenters. The SMILES string of the molecule is CC(C)(C)O[C@@H]1C(O[C@@H]2C(O)[C@H](N)CC(N)[C@H]2OC(C)(C)[C@@H]2OC(CO)[C@@H](O)[C@H](O)C2N)O[C@H](CO)[C@@H]1O[C@H]1O[C@@H](CN)[C@@H](O)C(O)C1N. The standard InChI is InChI=1S/C30H59N5O14/c1-29(2,3)48-25-23(46-27-16(35)21(42)18(39)12(7-31)44-27)14(9-37)45-28(25)47-24-17(38)10(32)6-11(33)22(24)49-30(4,5)26-15(34)20(41)19(40)13(8-36)43-26/h10-28,36-42H,6-9,31-35H2,1-5H3/t10-,11?,12+,13?,14-,15?,16?,17?,18-,19-,20-,21?,22-,23+,24-,25+,26-,27-,28?/m1/s1. The molecule has 1 saturated carbocycles. The van der Waals surface area contributed by atoms with Gasteiger partial charge in [0.15, 0.2) is 12.6 Å². The van der Waals surface area contributed by atoms with Crippen molar-refractivity contribution in [1.29, 1.82) is 0 Å². The highest BCUT2D eigenvalue weighted by atomic mass is 16.8. The molecule has 3 heterocycles. The molecule has 4 fully saturated rings. The zero-order valence-electron chi connectivity index (χ0n) is 28.7.